The van der Waals surface area contributed by atoms with Crippen molar-refractivity contribution in [2.24, 2.45) is 0 Å². The Labute approximate surface area is 195 Å². The van der Waals surface area contributed by atoms with Crippen LogP contribution in [-0.2, 0) is 11.3 Å². The van der Waals surface area contributed by atoms with E-state index in [0.717, 1.165) is 53.5 Å². The van der Waals surface area contributed by atoms with E-state index in [1.807, 2.05) is 66.4 Å². The normalized spacial score (nSPS) is 15.8. The van der Waals surface area contributed by atoms with Crippen LogP contribution in [0.5, 0.6) is 5.75 Å². The summed E-state index contributed by atoms with van der Waals surface area (Å²) in [5, 5.41) is 3.46. The molecular weight excluding hydrogens is 414 g/mol. The van der Waals surface area contributed by atoms with Crippen LogP contribution < -0.4 is 10.1 Å². The lowest BCUT2D eigenvalue weighted by Gasteiger charge is -2.33. The van der Waals surface area contributed by atoms with Gasteiger partial charge in [0.25, 0.3) is 5.91 Å². The number of carbonyl (C=O) groups excluding carboxylic acids is 1. The van der Waals surface area contributed by atoms with Crippen molar-refractivity contribution in [2.45, 2.75) is 32.3 Å². The molecule has 6 nitrogen and oxygen atoms in total. The number of benzene rings is 2. The summed E-state index contributed by atoms with van der Waals surface area (Å²) in [7, 11) is 3.34. The van der Waals surface area contributed by atoms with Crippen molar-refractivity contribution in [3.63, 3.8) is 0 Å². The van der Waals surface area contributed by atoms with Crippen LogP contribution >= 0.6 is 0 Å². The summed E-state index contributed by atoms with van der Waals surface area (Å²) in [5.41, 5.74) is 5.70. The number of aromatic nitrogens is 1. The molecule has 1 fully saturated rings. The number of likely N-dealkylation sites (tertiary alicyclic amines) is 1. The number of aryl methyl sites for hydroxylation is 1. The number of ether oxygens (including phenoxy) is 2. The standard InChI is InChI=1S/C27H31N3O3/c1-19-14-24(29-23-7-4-8-25(15-23)33-3)16-26(28-19)22-6-5-13-30(17-22)27(31)21-11-9-20(10-12-21)18-32-2/h4,7-12,14-16,22H,5-6,13,17-18H2,1-3H3,(H,28,29). The number of hydrogen-bond acceptors (Lipinski definition) is 5. The number of hydrogen-bond donors (Lipinski definition) is 1. The zero-order valence-electron chi connectivity index (χ0n) is 19.5. The molecule has 6 heteroatoms. The van der Waals surface area contributed by atoms with E-state index in [-0.39, 0.29) is 11.8 Å². The van der Waals surface area contributed by atoms with Gasteiger partial charge in [-0.05, 0) is 61.7 Å². The average molecular weight is 446 g/mol. The molecule has 0 radical (unpaired) electrons. The minimum atomic E-state index is 0.0750. The van der Waals surface area contributed by atoms with Gasteiger partial charge in [-0.1, -0.05) is 18.2 Å². The Hall–Kier alpha value is -3.38. The van der Waals surface area contributed by atoms with Gasteiger partial charge >= 0.3 is 0 Å². The van der Waals surface area contributed by atoms with E-state index in [2.05, 4.69) is 11.4 Å². The van der Waals surface area contributed by atoms with Crippen molar-refractivity contribution in [3.05, 3.63) is 83.2 Å². The highest BCUT2D eigenvalue weighted by Crippen LogP contribution is 2.30. The van der Waals surface area contributed by atoms with E-state index in [1.165, 1.54) is 0 Å². The number of carbonyl (C=O) groups is 1. The summed E-state index contributed by atoms with van der Waals surface area (Å²) in [4.78, 5) is 19.9. The van der Waals surface area contributed by atoms with Gasteiger partial charge in [-0.3, -0.25) is 9.78 Å². The molecule has 1 N–H and O–H groups in total. The van der Waals surface area contributed by atoms with Crippen LogP contribution in [0.15, 0.2) is 60.7 Å². The first-order valence-electron chi connectivity index (χ1n) is 11.3. The molecule has 1 saturated heterocycles. The van der Waals surface area contributed by atoms with Gasteiger partial charge < -0.3 is 19.7 Å². The lowest BCUT2D eigenvalue weighted by atomic mass is 9.93. The van der Waals surface area contributed by atoms with Gasteiger partial charge in [0.2, 0.25) is 0 Å². The van der Waals surface area contributed by atoms with Crippen LogP contribution in [0.3, 0.4) is 0 Å². The Balaban J connectivity index is 1.48. The molecule has 3 aromatic rings. The van der Waals surface area contributed by atoms with E-state index in [1.54, 1.807) is 14.2 Å². The third-order valence-corrected chi connectivity index (χ3v) is 5.97. The van der Waals surface area contributed by atoms with E-state index in [4.69, 9.17) is 14.5 Å². The highest BCUT2D eigenvalue weighted by atomic mass is 16.5. The predicted molar refractivity (Wildman–Crippen MR) is 130 cm³/mol. The Morgan fingerprint density at radius 2 is 1.91 bits per heavy atom. The number of rotatable bonds is 7. The predicted octanol–water partition coefficient (Wildman–Crippen LogP) is 5.31. The highest BCUT2D eigenvalue weighted by molar-refractivity contribution is 5.94. The number of nitrogens with zero attached hydrogens (tertiary/aromatic N) is 2. The van der Waals surface area contributed by atoms with E-state index < -0.39 is 0 Å². The van der Waals surface area contributed by atoms with E-state index in [0.29, 0.717) is 18.7 Å². The van der Waals surface area contributed by atoms with Crippen LogP contribution in [0, 0.1) is 6.92 Å². The molecule has 1 unspecified atom stereocenters. The molecule has 1 aliphatic heterocycles. The third-order valence-electron chi connectivity index (χ3n) is 5.97. The van der Waals surface area contributed by atoms with Gasteiger partial charge in [-0.15, -0.1) is 0 Å². The topological polar surface area (TPSA) is 63.7 Å². The summed E-state index contributed by atoms with van der Waals surface area (Å²) in [6, 6.07) is 19.7. The van der Waals surface area contributed by atoms with Crippen LogP contribution in [-0.4, -0.2) is 43.1 Å². The lowest BCUT2D eigenvalue weighted by molar-refractivity contribution is 0.0706. The number of piperidine rings is 1. The van der Waals surface area contributed by atoms with Crippen molar-refractivity contribution >= 4 is 17.3 Å². The quantitative estimate of drug-likeness (QED) is 0.534. The molecule has 2 heterocycles. The molecule has 172 valence electrons. The van der Waals surface area contributed by atoms with Crippen molar-refractivity contribution in [1.82, 2.24) is 9.88 Å². The van der Waals surface area contributed by atoms with Crippen molar-refractivity contribution in [1.29, 1.82) is 0 Å². The molecular formula is C27H31N3O3. The second kappa shape index (κ2) is 10.5. The van der Waals surface area contributed by atoms with Crippen LogP contribution in [0.4, 0.5) is 11.4 Å². The number of methoxy groups -OCH3 is 2. The van der Waals surface area contributed by atoms with Gasteiger partial charge in [-0.25, -0.2) is 0 Å². The molecule has 33 heavy (non-hydrogen) atoms. The number of nitrogens with one attached hydrogen (secondary N) is 1. The first kappa shape index (κ1) is 22.8. The first-order valence-corrected chi connectivity index (χ1v) is 11.3. The summed E-state index contributed by atoms with van der Waals surface area (Å²) >= 11 is 0. The largest absolute Gasteiger partial charge is 0.497 e. The van der Waals surface area contributed by atoms with Crippen LogP contribution in [0.1, 0.15) is 46.1 Å². The second-order valence-corrected chi connectivity index (χ2v) is 8.50. The Kier molecular flexibility index (Phi) is 7.25. The van der Waals surface area contributed by atoms with E-state index >= 15 is 0 Å². The second-order valence-electron chi connectivity index (χ2n) is 8.50. The number of amides is 1. The molecule has 1 amide bonds. The maximum absolute atomic E-state index is 13.1. The SMILES string of the molecule is COCc1ccc(C(=O)N2CCCC(c3cc(Nc4cccc(OC)c4)cc(C)n3)C2)cc1. The smallest absolute Gasteiger partial charge is 0.253 e. The average Bonchev–Trinajstić information content (AvgIpc) is 2.84. The number of pyridine rings is 1. The lowest BCUT2D eigenvalue weighted by Crippen LogP contribution is -2.39. The maximum Gasteiger partial charge on any atom is 0.253 e. The summed E-state index contributed by atoms with van der Waals surface area (Å²) in [6.45, 7) is 4.00. The van der Waals surface area contributed by atoms with Crippen LogP contribution in [0.2, 0.25) is 0 Å². The molecule has 4 rings (SSSR count). The molecule has 1 aromatic heterocycles. The molecule has 0 bridgehead atoms. The molecule has 1 aliphatic rings. The summed E-state index contributed by atoms with van der Waals surface area (Å²) in [6.07, 6.45) is 1.98. The molecule has 1 atom stereocenters. The summed E-state index contributed by atoms with van der Waals surface area (Å²) in [5.74, 6) is 1.09. The minimum absolute atomic E-state index is 0.0750. The van der Waals surface area contributed by atoms with Crippen molar-refractivity contribution < 1.29 is 14.3 Å². The fourth-order valence-electron chi connectivity index (χ4n) is 4.34. The fraction of sp³-hybridized carbons (Fsp3) is 0.333. The zero-order chi connectivity index (χ0) is 23.2. The van der Waals surface area contributed by atoms with Crippen molar-refractivity contribution in [2.75, 3.05) is 32.6 Å². The molecule has 0 aliphatic carbocycles. The Bertz CT molecular complexity index is 1100. The van der Waals surface area contributed by atoms with E-state index in [9.17, 15) is 4.79 Å². The minimum Gasteiger partial charge on any atom is -0.497 e. The Morgan fingerprint density at radius 1 is 1.09 bits per heavy atom. The van der Waals surface area contributed by atoms with Crippen LogP contribution in [0.25, 0.3) is 0 Å². The monoisotopic (exact) mass is 445 g/mol. The van der Waals surface area contributed by atoms with Gasteiger partial charge in [0.15, 0.2) is 0 Å². The van der Waals surface area contributed by atoms with Gasteiger partial charge in [0, 0.05) is 60.5 Å². The third kappa shape index (κ3) is 5.71. The molecule has 0 spiro atoms. The first-order chi connectivity index (χ1) is 16.1. The molecule has 0 saturated carbocycles. The van der Waals surface area contributed by atoms with Crippen molar-refractivity contribution in [3.8, 4) is 5.75 Å². The highest BCUT2D eigenvalue weighted by Gasteiger charge is 2.26. The number of anilines is 2. The van der Waals surface area contributed by atoms with Gasteiger partial charge in [-0.2, -0.15) is 0 Å². The van der Waals surface area contributed by atoms with Gasteiger partial charge in [0.1, 0.15) is 5.75 Å². The fourth-order valence-corrected chi connectivity index (χ4v) is 4.34. The maximum atomic E-state index is 13.1. The molecule has 2 aromatic carbocycles. The van der Waals surface area contributed by atoms with Gasteiger partial charge in [0.05, 0.1) is 13.7 Å². The Morgan fingerprint density at radius 3 is 2.67 bits per heavy atom. The summed E-state index contributed by atoms with van der Waals surface area (Å²) < 4.78 is 10.5. The zero-order valence-corrected chi connectivity index (χ0v) is 19.5.